The summed E-state index contributed by atoms with van der Waals surface area (Å²) in [6, 6.07) is 15.9. The molecule has 0 N–H and O–H groups in total. The molecule has 0 saturated carbocycles. The topological polar surface area (TPSA) is 40.0 Å². The normalized spacial score (nSPS) is 13.2. The Hall–Kier alpha value is -2.49. The number of nitrogens with zero attached hydrogens (tertiary/aromatic N) is 1. The second-order valence-corrected chi connectivity index (χ2v) is 5.12. The molecular formula is C18H19NO3. The maximum atomic E-state index is 5.52. The van der Waals surface area contributed by atoms with Gasteiger partial charge in [-0.2, -0.15) is 0 Å². The summed E-state index contributed by atoms with van der Waals surface area (Å²) in [5, 5.41) is 4.32. The van der Waals surface area contributed by atoms with Gasteiger partial charge in [0.25, 0.3) is 0 Å². The first kappa shape index (κ1) is 14.4. The Kier molecular flexibility index (Phi) is 4.59. The fraction of sp³-hybridized carbons (Fsp3) is 0.278. The smallest absolute Gasteiger partial charge is 0.231 e. The van der Waals surface area contributed by atoms with Crippen molar-refractivity contribution in [2.24, 2.45) is 5.16 Å². The van der Waals surface area contributed by atoms with Crippen molar-refractivity contribution in [1.82, 2.24) is 0 Å². The second-order valence-electron chi connectivity index (χ2n) is 5.12. The average molecular weight is 297 g/mol. The Labute approximate surface area is 130 Å². The molecule has 0 radical (unpaired) electrons. The molecule has 114 valence electrons. The molecule has 1 aliphatic heterocycles. The van der Waals surface area contributed by atoms with Gasteiger partial charge in [-0.3, -0.25) is 0 Å². The molecule has 2 aromatic carbocycles. The summed E-state index contributed by atoms with van der Waals surface area (Å²) in [4.78, 5) is 5.52. The molecule has 0 saturated heterocycles. The number of ether oxygens (including phenoxy) is 2. The zero-order valence-corrected chi connectivity index (χ0v) is 12.6. The molecule has 0 aliphatic carbocycles. The molecule has 0 amide bonds. The molecule has 22 heavy (non-hydrogen) atoms. The highest BCUT2D eigenvalue weighted by atomic mass is 16.7. The summed E-state index contributed by atoms with van der Waals surface area (Å²) in [6.07, 6.45) is 1.86. The molecular weight excluding hydrogens is 278 g/mol. The molecule has 0 unspecified atom stereocenters. The summed E-state index contributed by atoms with van der Waals surface area (Å²) < 4.78 is 10.8. The average Bonchev–Trinajstić information content (AvgIpc) is 3.02. The standard InChI is InChI=1S/C18H19NO3/c1-2-6-16(19-22-12-14-7-4-3-5-8-14)15-9-10-17-18(11-15)21-13-20-17/h3-5,7-11H,2,6,12-13H2,1H3/b19-16+. The van der Waals surface area contributed by atoms with Gasteiger partial charge in [0.05, 0.1) is 5.71 Å². The monoisotopic (exact) mass is 297 g/mol. The lowest BCUT2D eigenvalue weighted by Crippen LogP contribution is -2.02. The third-order valence-corrected chi connectivity index (χ3v) is 3.44. The van der Waals surface area contributed by atoms with Gasteiger partial charge < -0.3 is 14.3 Å². The quantitative estimate of drug-likeness (QED) is 0.594. The molecule has 3 rings (SSSR count). The van der Waals surface area contributed by atoms with Crippen molar-refractivity contribution >= 4 is 5.71 Å². The summed E-state index contributed by atoms with van der Waals surface area (Å²) in [5.74, 6) is 1.55. The first-order chi connectivity index (χ1) is 10.9. The lowest BCUT2D eigenvalue weighted by molar-refractivity contribution is 0.130. The van der Waals surface area contributed by atoms with E-state index in [9.17, 15) is 0 Å². The minimum atomic E-state index is 0.281. The molecule has 4 nitrogen and oxygen atoms in total. The van der Waals surface area contributed by atoms with Crippen molar-refractivity contribution in [2.45, 2.75) is 26.4 Å². The van der Waals surface area contributed by atoms with Crippen molar-refractivity contribution in [3.05, 3.63) is 59.7 Å². The Morgan fingerprint density at radius 2 is 1.91 bits per heavy atom. The van der Waals surface area contributed by atoms with Crippen LogP contribution < -0.4 is 9.47 Å². The van der Waals surface area contributed by atoms with E-state index in [1.165, 1.54) is 0 Å². The Morgan fingerprint density at radius 3 is 2.73 bits per heavy atom. The van der Waals surface area contributed by atoms with Crippen LogP contribution in [0.15, 0.2) is 53.7 Å². The van der Waals surface area contributed by atoms with Gasteiger partial charge >= 0.3 is 0 Å². The predicted molar refractivity (Wildman–Crippen MR) is 85.2 cm³/mol. The molecule has 2 aromatic rings. The first-order valence-electron chi connectivity index (χ1n) is 7.49. The molecule has 1 aliphatic rings. The van der Waals surface area contributed by atoms with E-state index in [2.05, 4.69) is 12.1 Å². The van der Waals surface area contributed by atoms with Gasteiger partial charge in [-0.05, 0) is 30.2 Å². The number of oxime groups is 1. The fourth-order valence-electron chi connectivity index (χ4n) is 2.31. The lowest BCUT2D eigenvalue weighted by atomic mass is 10.1. The summed E-state index contributed by atoms with van der Waals surface area (Å²) in [5.41, 5.74) is 3.05. The van der Waals surface area contributed by atoms with Gasteiger partial charge in [-0.15, -0.1) is 0 Å². The maximum absolute atomic E-state index is 5.52. The Bertz CT molecular complexity index is 653. The van der Waals surface area contributed by atoms with Crippen LogP contribution in [0.4, 0.5) is 0 Å². The largest absolute Gasteiger partial charge is 0.454 e. The van der Waals surface area contributed by atoms with E-state index in [-0.39, 0.29) is 6.79 Å². The molecule has 0 spiro atoms. The Balaban J connectivity index is 1.73. The summed E-state index contributed by atoms with van der Waals surface area (Å²) in [7, 11) is 0. The van der Waals surface area contributed by atoms with Crippen LogP contribution in [0.3, 0.4) is 0 Å². The molecule has 0 atom stereocenters. The minimum absolute atomic E-state index is 0.281. The molecule has 4 heteroatoms. The van der Waals surface area contributed by atoms with E-state index in [4.69, 9.17) is 14.3 Å². The van der Waals surface area contributed by atoms with Gasteiger partial charge in [0, 0.05) is 5.56 Å². The van der Waals surface area contributed by atoms with Gasteiger partial charge in [-0.1, -0.05) is 48.8 Å². The molecule has 0 bridgehead atoms. The SMILES string of the molecule is CCC/C(=N\OCc1ccccc1)c1ccc2c(c1)OCO2. The van der Waals surface area contributed by atoms with Crippen molar-refractivity contribution in [1.29, 1.82) is 0 Å². The van der Waals surface area contributed by atoms with Gasteiger partial charge in [-0.25, -0.2) is 0 Å². The lowest BCUT2D eigenvalue weighted by Gasteiger charge is -2.07. The predicted octanol–water partition coefficient (Wildman–Crippen LogP) is 4.14. The minimum Gasteiger partial charge on any atom is -0.454 e. The first-order valence-corrected chi connectivity index (χ1v) is 7.49. The Morgan fingerprint density at radius 1 is 1.09 bits per heavy atom. The third-order valence-electron chi connectivity index (χ3n) is 3.44. The van der Waals surface area contributed by atoms with Crippen LogP contribution >= 0.6 is 0 Å². The number of benzene rings is 2. The number of hydrogen-bond donors (Lipinski definition) is 0. The van der Waals surface area contributed by atoms with Crippen LogP contribution in [0, 0.1) is 0 Å². The highest BCUT2D eigenvalue weighted by Crippen LogP contribution is 2.33. The van der Waals surface area contributed by atoms with Crippen LogP contribution in [0.1, 0.15) is 30.9 Å². The van der Waals surface area contributed by atoms with Crippen LogP contribution in [0.5, 0.6) is 11.5 Å². The zero-order valence-electron chi connectivity index (χ0n) is 12.6. The van der Waals surface area contributed by atoms with E-state index in [1.54, 1.807) is 0 Å². The van der Waals surface area contributed by atoms with Gasteiger partial charge in [0.1, 0.15) is 6.61 Å². The molecule has 0 fully saturated rings. The van der Waals surface area contributed by atoms with Gasteiger partial charge in [0.2, 0.25) is 6.79 Å². The maximum Gasteiger partial charge on any atom is 0.231 e. The highest BCUT2D eigenvalue weighted by molar-refractivity contribution is 6.00. The van der Waals surface area contributed by atoms with Crippen LogP contribution in [-0.2, 0) is 11.4 Å². The van der Waals surface area contributed by atoms with Crippen molar-refractivity contribution < 1.29 is 14.3 Å². The number of rotatable bonds is 6. The summed E-state index contributed by atoms with van der Waals surface area (Å²) >= 11 is 0. The third kappa shape index (κ3) is 3.39. The molecule has 0 aromatic heterocycles. The van der Waals surface area contributed by atoms with Crippen molar-refractivity contribution in [3.8, 4) is 11.5 Å². The number of fused-ring (bicyclic) bond motifs is 1. The van der Waals surface area contributed by atoms with Crippen molar-refractivity contribution in [3.63, 3.8) is 0 Å². The zero-order chi connectivity index (χ0) is 15.2. The van der Waals surface area contributed by atoms with E-state index in [0.29, 0.717) is 6.61 Å². The fourth-order valence-corrected chi connectivity index (χ4v) is 2.31. The van der Waals surface area contributed by atoms with Crippen LogP contribution in [0.2, 0.25) is 0 Å². The van der Waals surface area contributed by atoms with E-state index in [1.807, 2.05) is 48.5 Å². The van der Waals surface area contributed by atoms with Gasteiger partial charge in [0.15, 0.2) is 11.5 Å². The highest BCUT2D eigenvalue weighted by Gasteiger charge is 2.15. The second kappa shape index (κ2) is 6.98. The van der Waals surface area contributed by atoms with Crippen LogP contribution in [-0.4, -0.2) is 12.5 Å². The number of hydrogen-bond acceptors (Lipinski definition) is 4. The van der Waals surface area contributed by atoms with Crippen molar-refractivity contribution in [2.75, 3.05) is 6.79 Å². The molecule has 1 heterocycles. The van der Waals surface area contributed by atoms with E-state index < -0.39 is 0 Å². The van der Waals surface area contributed by atoms with E-state index >= 15 is 0 Å². The van der Waals surface area contributed by atoms with Crippen LogP contribution in [0.25, 0.3) is 0 Å². The summed E-state index contributed by atoms with van der Waals surface area (Å²) in [6.45, 7) is 2.88. The van der Waals surface area contributed by atoms with E-state index in [0.717, 1.165) is 41.2 Å².